The van der Waals surface area contributed by atoms with E-state index in [1.54, 1.807) is 0 Å². The Morgan fingerprint density at radius 2 is 1.85 bits per heavy atom. The van der Waals surface area contributed by atoms with E-state index in [2.05, 4.69) is 0 Å². The molecule has 1 heteroatoms. The highest BCUT2D eigenvalue weighted by molar-refractivity contribution is 5.67. The summed E-state index contributed by atoms with van der Waals surface area (Å²) in [6, 6.07) is 8.17. The first-order valence-electron chi connectivity index (χ1n) is 4.66. The Hall–Kier alpha value is -1.11. The number of aryl methyl sites for hydroxylation is 1. The van der Waals surface area contributed by atoms with Crippen LogP contribution in [-0.4, -0.2) is 6.29 Å². The molecular weight excluding hydrogens is 160 g/mol. The minimum absolute atomic E-state index is 0.312. The van der Waals surface area contributed by atoms with E-state index >= 15 is 0 Å². The van der Waals surface area contributed by atoms with Gasteiger partial charge in [0.05, 0.1) is 0 Å². The molecule has 1 atom stereocenters. The van der Waals surface area contributed by atoms with Crippen LogP contribution in [0.5, 0.6) is 0 Å². The summed E-state index contributed by atoms with van der Waals surface area (Å²) in [4.78, 5) is 10.9. The zero-order valence-corrected chi connectivity index (χ0v) is 8.50. The maximum Gasteiger partial charge on any atom is 0.130 e. The van der Waals surface area contributed by atoms with E-state index in [0.717, 1.165) is 18.3 Å². The van der Waals surface area contributed by atoms with Crippen LogP contribution in [0.15, 0.2) is 24.3 Å². The van der Waals surface area contributed by atoms with Gasteiger partial charge in [0.15, 0.2) is 0 Å². The molecule has 1 nitrogen and oxygen atoms in total. The van der Waals surface area contributed by atoms with Gasteiger partial charge in [-0.3, -0.25) is 0 Å². The van der Waals surface area contributed by atoms with Crippen molar-refractivity contribution in [3.05, 3.63) is 35.4 Å². The lowest BCUT2D eigenvalue weighted by Gasteiger charge is -2.21. The summed E-state index contributed by atoms with van der Waals surface area (Å²) < 4.78 is 0. The molecule has 0 saturated heterocycles. The molecule has 0 spiro atoms. The molecule has 0 heterocycles. The number of benzene rings is 1. The van der Waals surface area contributed by atoms with Crippen LogP contribution in [0.3, 0.4) is 0 Å². The third-order valence-electron chi connectivity index (χ3n) is 2.71. The van der Waals surface area contributed by atoms with Crippen molar-refractivity contribution in [3.63, 3.8) is 0 Å². The van der Waals surface area contributed by atoms with E-state index in [9.17, 15) is 4.79 Å². The molecular formula is C12H16O. The van der Waals surface area contributed by atoms with Crippen molar-refractivity contribution in [1.29, 1.82) is 0 Å². The molecule has 0 N–H and O–H groups in total. The van der Waals surface area contributed by atoms with Crippen molar-refractivity contribution in [3.8, 4) is 0 Å². The smallest absolute Gasteiger partial charge is 0.130 e. The monoisotopic (exact) mass is 176 g/mol. The van der Waals surface area contributed by atoms with Gasteiger partial charge < -0.3 is 4.79 Å². The summed E-state index contributed by atoms with van der Waals surface area (Å²) >= 11 is 0. The Kier molecular flexibility index (Phi) is 2.86. The second-order valence-corrected chi connectivity index (χ2v) is 3.75. The fourth-order valence-electron chi connectivity index (χ4n) is 1.29. The molecule has 1 aromatic rings. The molecule has 0 aromatic heterocycles. The topological polar surface area (TPSA) is 17.1 Å². The van der Waals surface area contributed by atoms with Crippen molar-refractivity contribution in [2.24, 2.45) is 0 Å². The van der Waals surface area contributed by atoms with Crippen molar-refractivity contribution in [2.75, 3.05) is 0 Å². The Morgan fingerprint density at radius 1 is 1.31 bits per heavy atom. The summed E-state index contributed by atoms with van der Waals surface area (Å²) in [5, 5.41) is 0. The number of hydrogen-bond acceptors (Lipinski definition) is 1. The van der Waals surface area contributed by atoms with Gasteiger partial charge in [0, 0.05) is 5.41 Å². The first kappa shape index (κ1) is 9.97. The highest BCUT2D eigenvalue weighted by Gasteiger charge is 2.22. The predicted octanol–water partition coefficient (Wildman–Crippen LogP) is 2.86. The van der Waals surface area contributed by atoms with E-state index in [0.29, 0.717) is 0 Å². The van der Waals surface area contributed by atoms with E-state index in [1.165, 1.54) is 5.56 Å². The normalized spacial score (nSPS) is 15.0. The number of aldehydes is 1. The largest absolute Gasteiger partial charge is 0.302 e. The maximum absolute atomic E-state index is 10.9. The maximum atomic E-state index is 10.9. The fraction of sp³-hybridized carbons (Fsp3) is 0.417. The molecule has 1 unspecified atom stereocenters. The van der Waals surface area contributed by atoms with E-state index < -0.39 is 0 Å². The second kappa shape index (κ2) is 3.73. The van der Waals surface area contributed by atoms with Gasteiger partial charge in [-0.1, -0.05) is 36.8 Å². The molecule has 0 aliphatic carbocycles. The van der Waals surface area contributed by atoms with E-state index in [1.807, 2.05) is 45.0 Å². The molecule has 0 radical (unpaired) electrons. The molecule has 0 amide bonds. The molecule has 0 aliphatic heterocycles. The molecule has 0 fully saturated rings. The van der Waals surface area contributed by atoms with Crippen LogP contribution in [-0.2, 0) is 10.2 Å². The van der Waals surface area contributed by atoms with Crippen LogP contribution < -0.4 is 0 Å². The number of carbonyl (C=O) groups excluding carboxylic acids is 1. The highest BCUT2D eigenvalue weighted by Crippen LogP contribution is 2.24. The number of rotatable bonds is 3. The van der Waals surface area contributed by atoms with Crippen molar-refractivity contribution >= 4 is 6.29 Å². The lowest BCUT2D eigenvalue weighted by atomic mass is 9.81. The third-order valence-corrected chi connectivity index (χ3v) is 2.71. The van der Waals surface area contributed by atoms with Gasteiger partial charge in [-0.2, -0.15) is 0 Å². The molecule has 1 rings (SSSR count). The van der Waals surface area contributed by atoms with Gasteiger partial charge >= 0.3 is 0 Å². The Bertz CT molecular complexity index is 286. The van der Waals surface area contributed by atoms with Gasteiger partial charge in [0.1, 0.15) is 6.29 Å². The van der Waals surface area contributed by atoms with Crippen LogP contribution in [0.1, 0.15) is 31.4 Å². The van der Waals surface area contributed by atoms with E-state index in [-0.39, 0.29) is 5.41 Å². The Morgan fingerprint density at radius 3 is 2.23 bits per heavy atom. The average molecular weight is 176 g/mol. The average Bonchev–Trinajstić information content (AvgIpc) is 2.18. The highest BCUT2D eigenvalue weighted by atomic mass is 16.1. The minimum Gasteiger partial charge on any atom is -0.302 e. The van der Waals surface area contributed by atoms with Crippen molar-refractivity contribution < 1.29 is 4.79 Å². The van der Waals surface area contributed by atoms with Crippen LogP contribution in [0.25, 0.3) is 0 Å². The molecule has 70 valence electrons. The van der Waals surface area contributed by atoms with Crippen LogP contribution in [0.4, 0.5) is 0 Å². The molecule has 0 bridgehead atoms. The minimum atomic E-state index is -0.312. The third kappa shape index (κ3) is 1.97. The second-order valence-electron chi connectivity index (χ2n) is 3.75. The zero-order chi connectivity index (χ0) is 9.90. The molecule has 0 aliphatic rings. The quantitative estimate of drug-likeness (QED) is 0.647. The van der Waals surface area contributed by atoms with Gasteiger partial charge in [0.25, 0.3) is 0 Å². The molecule has 0 saturated carbocycles. The Balaban J connectivity index is 3.06. The first-order valence-corrected chi connectivity index (χ1v) is 4.66. The van der Waals surface area contributed by atoms with Gasteiger partial charge in [-0.15, -0.1) is 0 Å². The van der Waals surface area contributed by atoms with Gasteiger partial charge in [-0.05, 0) is 25.8 Å². The Labute approximate surface area is 79.8 Å². The summed E-state index contributed by atoms with van der Waals surface area (Å²) in [6.45, 7) is 6.06. The summed E-state index contributed by atoms with van der Waals surface area (Å²) in [7, 11) is 0. The van der Waals surface area contributed by atoms with Crippen LogP contribution >= 0.6 is 0 Å². The zero-order valence-electron chi connectivity index (χ0n) is 8.50. The van der Waals surface area contributed by atoms with Crippen LogP contribution in [0.2, 0.25) is 0 Å². The number of carbonyl (C=O) groups is 1. The van der Waals surface area contributed by atoms with E-state index in [4.69, 9.17) is 0 Å². The first-order chi connectivity index (χ1) is 6.12. The van der Waals surface area contributed by atoms with Crippen LogP contribution in [0, 0.1) is 6.92 Å². The fourth-order valence-corrected chi connectivity index (χ4v) is 1.29. The summed E-state index contributed by atoms with van der Waals surface area (Å²) in [5.74, 6) is 0. The van der Waals surface area contributed by atoms with Gasteiger partial charge in [0.2, 0.25) is 0 Å². The lowest BCUT2D eigenvalue weighted by molar-refractivity contribution is -0.112. The van der Waals surface area contributed by atoms with Gasteiger partial charge in [-0.25, -0.2) is 0 Å². The SMILES string of the molecule is CCC(C)(C=O)c1ccc(C)cc1. The van der Waals surface area contributed by atoms with Crippen molar-refractivity contribution in [1.82, 2.24) is 0 Å². The standard InChI is InChI=1S/C12H16O/c1-4-12(3,9-13)11-7-5-10(2)6-8-11/h5-9H,4H2,1-3H3. The summed E-state index contributed by atoms with van der Waals surface area (Å²) in [6.07, 6.45) is 1.89. The predicted molar refractivity (Wildman–Crippen MR) is 54.9 cm³/mol. The molecule has 13 heavy (non-hydrogen) atoms. The summed E-state index contributed by atoms with van der Waals surface area (Å²) in [5.41, 5.74) is 2.02. The lowest BCUT2D eigenvalue weighted by Crippen LogP contribution is -2.22. The van der Waals surface area contributed by atoms with Crippen molar-refractivity contribution in [2.45, 2.75) is 32.6 Å². The number of hydrogen-bond donors (Lipinski definition) is 0. The molecule has 1 aromatic carbocycles.